The van der Waals surface area contributed by atoms with Crippen molar-refractivity contribution in [2.45, 2.75) is 32.0 Å². The highest BCUT2D eigenvalue weighted by molar-refractivity contribution is 5.94. The van der Waals surface area contributed by atoms with E-state index in [9.17, 15) is 18.0 Å². The summed E-state index contributed by atoms with van der Waals surface area (Å²) in [6.07, 6.45) is -1.43. The number of nitrogens with two attached hydrogens (primary N) is 1. The summed E-state index contributed by atoms with van der Waals surface area (Å²) in [5.41, 5.74) is 6.06. The number of amides is 1. The molecule has 0 bridgehead atoms. The van der Waals surface area contributed by atoms with Crippen LogP contribution in [0.3, 0.4) is 0 Å². The topological polar surface area (TPSA) is 68.5 Å². The van der Waals surface area contributed by atoms with Crippen LogP contribution in [0, 0.1) is 5.92 Å². The molecule has 8 heteroatoms. The van der Waals surface area contributed by atoms with Gasteiger partial charge in [0.15, 0.2) is 6.61 Å². The van der Waals surface area contributed by atoms with Gasteiger partial charge >= 0.3 is 6.18 Å². The Kier molecular flexibility index (Phi) is 5.46. The van der Waals surface area contributed by atoms with Crippen molar-refractivity contribution in [3.63, 3.8) is 0 Å². The van der Waals surface area contributed by atoms with Crippen molar-refractivity contribution in [2.75, 3.05) is 19.7 Å². The Morgan fingerprint density at radius 1 is 1.48 bits per heavy atom. The maximum absolute atomic E-state index is 12.5. The number of hydrogen-bond acceptors (Lipinski definition) is 4. The molecule has 0 spiro atoms. The second kappa shape index (κ2) is 7.16. The lowest BCUT2D eigenvalue weighted by molar-refractivity contribution is -0.154. The van der Waals surface area contributed by atoms with Gasteiger partial charge in [-0.2, -0.15) is 13.2 Å². The lowest BCUT2D eigenvalue weighted by Gasteiger charge is -2.38. The monoisotopic (exact) mass is 331 g/mol. The molecule has 2 N–H and O–H groups in total. The van der Waals surface area contributed by atoms with Crippen LogP contribution in [0.4, 0.5) is 13.2 Å². The number of carbonyl (C=O) groups excluding carboxylic acids is 1. The average Bonchev–Trinajstić information content (AvgIpc) is 2.52. The first-order chi connectivity index (χ1) is 10.8. The molecule has 2 atom stereocenters. The maximum atomic E-state index is 12.5. The Labute approximate surface area is 132 Å². The first-order valence-corrected chi connectivity index (χ1v) is 7.47. The van der Waals surface area contributed by atoms with Crippen molar-refractivity contribution in [1.29, 1.82) is 0 Å². The Morgan fingerprint density at radius 3 is 2.78 bits per heavy atom. The molecule has 1 aliphatic rings. The quantitative estimate of drug-likeness (QED) is 0.918. The molecule has 2 heterocycles. The molecule has 2 unspecified atom stereocenters. The van der Waals surface area contributed by atoms with Crippen molar-refractivity contribution in [3.05, 3.63) is 23.9 Å². The number of carbonyl (C=O) groups is 1. The Balaban J connectivity index is 2.02. The molecule has 1 amide bonds. The van der Waals surface area contributed by atoms with Crippen LogP contribution in [0.25, 0.3) is 0 Å². The van der Waals surface area contributed by atoms with E-state index in [1.165, 1.54) is 18.3 Å². The Hall–Kier alpha value is -1.83. The largest absolute Gasteiger partial charge is 0.468 e. The second-order valence-electron chi connectivity index (χ2n) is 5.81. The van der Waals surface area contributed by atoms with Gasteiger partial charge in [-0.15, -0.1) is 0 Å². The molecule has 1 aromatic rings. The number of alkyl halides is 3. The zero-order valence-electron chi connectivity index (χ0n) is 12.8. The molecule has 1 fully saturated rings. The summed E-state index contributed by atoms with van der Waals surface area (Å²) in [4.78, 5) is 18.0. The van der Waals surface area contributed by atoms with Gasteiger partial charge in [0.2, 0.25) is 5.88 Å². The number of pyridine rings is 1. The molecule has 23 heavy (non-hydrogen) atoms. The zero-order valence-corrected chi connectivity index (χ0v) is 12.8. The normalized spacial score (nSPS) is 22.0. The minimum atomic E-state index is -4.42. The molecule has 0 aromatic carbocycles. The summed E-state index contributed by atoms with van der Waals surface area (Å²) < 4.78 is 40.8. The average molecular weight is 331 g/mol. The fourth-order valence-corrected chi connectivity index (χ4v) is 2.66. The summed E-state index contributed by atoms with van der Waals surface area (Å²) >= 11 is 0. The molecule has 0 saturated carbocycles. The van der Waals surface area contributed by atoms with Gasteiger partial charge < -0.3 is 15.4 Å². The first kappa shape index (κ1) is 17.5. The molecular formula is C15H20F3N3O2. The van der Waals surface area contributed by atoms with Crippen molar-refractivity contribution in [3.8, 4) is 5.88 Å². The highest BCUT2D eigenvalue weighted by Crippen LogP contribution is 2.24. The number of aromatic nitrogens is 1. The zero-order chi connectivity index (χ0) is 17.0. The highest BCUT2D eigenvalue weighted by atomic mass is 19.4. The van der Waals surface area contributed by atoms with E-state index in [0.29, 0.717) is 24.6 Å². The maximum Gasteiger partial charge on any atom is 0.422 e. The van der Waals surface area contributed by atoms with Crippen LogP contribution in [0.15, 0.2) is 18.3 Å². The second-order valence-corrected chi connectivity index (χ2v) is 5.81. The first-order valence-electron chi connectivity index (χ1n) is 7.47. The minimum Gasteiger partial charge on any atom is -0.468 e. The fourth-order valence-electron chi connectivity index (χ4n) is 2.66. The van der Waals surface area contributed by atoms with Crippen LogP contribution in [0.2, 0.25) is 0 Å². The molecular weight excluding hydrogens is 311 g/mol. The smallest absolute Gasteiger partial charge is 0.422 e. The molecule has 5 nitrogen and oxygen atoms in total. The summed E-state index contributed by atoms with van der Waals surface area (Å²) in [6, 6.07) is 2.67. The fraction of sp³-hybridized carbons (Fsp3) is 0.600. The molecule has 0 aliphatic carbocycles. The lowest BCUT2D eigenvalue weighted by Crippen LogP contribution is -2.49. The summed E-state index contributed by atoms with van der Waals surface area (Å²) in [5.74, 6) is 0.146. The van der Waals surface area contributed by atoms with Crippen molar-refractivity contribution >= 4 is 5.91 Å². The van der Waals surface area contributed by atoms with Gasteiger partial charge in [-0.25, -0.2) is 4.98 Å². The van der Waals surface area contributed by atoms with E-state index in [2.05, 4.69) is 16.6 Å². The van der Waals surface area contributed by atoms with Crippen LogP contribution in [-0.4, -0.2) is 47.7 Å². The number of hydrogen-bond donors (Lipinski definition) is 1. The summed E-state index contributed by atoms with van der Waals surface area (Å²) in [5, 5.41) is 0. The van der Waals surface area contributed by atoms with Gasteiger partial charge in [-0.1, -0.05) is 6.92 Å². The molecule has 1 aliphatic heterocycles. The third-order valence-electron chi connectivity index (χ3n) is 3.88. The van der Waals surface area contributed by atoms with Crippen LogP contribution >= 0.6 is 0 Å². The van der Waals surface area contributed by atoms with E-state index in [1.807, 2.05) is 0 Å². The van der Waals surface area contributed by atoms with Gasteiger partial charge in [0.05, 0.1) is 5.56 Å². The minimum absolute atomic E-state index is 0.0209. The van der Waals surface area contributed by atoms with Gasteiger partial charge in [0.25, 0.3) is 5.91 Å². The molecule has 0 radical (unpaired) electrons. The van der Waals surface area contributed by atoms with Crippen LogP contribution in [-0.2, 0) is 0 Å². The van der Waals surface area contributed by atoms with Crippen molar-refractivity contribution < 1.29 is 22.7 Å². The number of ether oxygens (including phenoxy) is 1. The van der Waals surface area contributed by atoms with E-state index >= 15 is 0 Å². The highest BCUT2D eigenvalue weighted by Gasteiger charge is 2.30. The third kappa shape index (κ3) is 4.82. The Morgan fingerprint density at radius 2 is 2.22 bits per heavy atom. The van der Waals surface area contributed by atoms with E-state index in [0.717, 1.165) is 12.8 Å². The SMILES string of the molecule is CC1CCN(C(=O)c2ccc(OCC(F)(F)F)nc2)C(CN)C1. The number of halogens is 3. The predicted molar refractivity (Wildman–Crippen MR) is 78.1 cm³/mol. The van der Waals surface area contributed by atoms with E-state index in [4.69, 9.17) is 5.73 Å². The third-order valence-corrected chi connectivity index (χ3v) is 3.88. The van der Waals surface area contributed by atoms with Gasteiger partial charge in [0.1, 0.15) is 0 Å². The lowest BCUT2D eigenvalue weighted by atomic mass is 9.92. The van der Waals surface area contributed by atoms with E-state index < -0.39 is 12.8 Å². The number of likely N-dealkylation sites (tertiary alicyclic amines) is 1. The number of nitrogens with zero attached hydrogens (tertiary/aromatic N) is 2. The van der Waals surface area contributed by atoms with E-state index in [1.54, 1.807) is 4.90 Å². The molecule has 128 valence electrons. The predicted octanol–water partition coefficient (Wildman–Crippen LogP) is 2.22. The van der Waals surface area contributed by atoms with Crippen LogP contribution in [0.5, 0.6) is 5.88 Å². The summed E-state index contributed by atoms with van der Waals surface area (Å²) in [7, 11) is 0. The Bertz CT molecular complexity index is 534. The summed E-state index contributed by atoms with van der Waals surface area (Å²) in [6.45, 7) is 1.72. The molecule has 2 rings (SSSR count). The standard InChI is InChI=1S/C15H20F3N3O2/c1-10-4-5-21(12(6-10)7-19)14(22)11-2-3-13(20-8-11)23-9-15(16,17)18/h2-3,8,10,12H,4-7,9,19H2,1H3. The molecule has 1 saturated heterocycles. The van der Waals surface area contributed by atoms with Crippen LogP contribution in [0.1, 0.15) is 30.1 Å². The van der Waals surface area contributed by atoms with Crippen molar-refractivity contribution in [2.24, 2.45) is 11.7 Å². The van der Waals surface area contributed by atoms with Crippen molar-refractivity contribution in [1.82, 2.24) is 9.88 Å². The van der Waals surface area contributed by atoms with Gasteiger partial charge in [0, 0.05) is 31.4 Å². The van der Waals surface area contributed by atoms with Crippen LogP contribution < -0.4 is 10.5 Å². The number of rotatable bonds is 4. The van der Waals surface area contributed by atoms with Gasteiger partial charge in [-0.3, -0.25) is 4.79 Å². The van der Waals surface area contributed by atoms with Gasteiger partial charge in [-0.05, 0) is 24.8 Å². The number of piperidine rings is 1. The van der Waals surface area contributed by atoms with E-state index in [-0.39, 0.29) is 17.8 Å². The molecule has 1 aromatic heterocycles.